The molecule has 1 aliphatic rings. The zero-order valence-electron chi connectivity index (χ0n) is 18.2. The van der Waals surface area contributed by atoms with Gasteiger partial charge in [-0.2, -0.15) is 0 Å². The van der Waals surface area contributed by atoms with E-state index in [4.69, 9.17) is 5.73 Å². The molecule has 0 bridgehead atoms. The van der Waals surface area contributed by atoms with E-state index < -0.39 is 11.7 Å². The summed E-state index contributed by atoms with van der Waals surface area (Å²) in [7, 11) is 3.86. The first kappa shape index (κ1) is 22.9. The average Bonchev–Trinajstić information content (AvgIpc) is 3.55. The number of nitrogens with two attached hydrogens (primary N) is 1. The van der Waals surface area contributed by atoms with E-state index in [9.17, 15) is 14.0 Å². The Hall–Kier alpha value is -2.80. The predicted molar refractivity (Wildman–Crippen MR) is 118 cm³/mol. The Balaban J connectivity index is 1.58. The third kappa shape index (κ3) is 6.85. The molecule has 0 radical (unpaired) electrons. The van der Waals surface area contributed by atoms with Crippen molar-refractivity contribution in [2.75, 3.05) is 20.6 Å². The summed E-state index contributed by atoms with van der Waals surface area (Å²) in [5.74, 6) is -0.464. The number of nitrogens with zero attached hydrogens (tertiary/aromatic N) is 2. The lowest BCUT2D eigenvalue weighted by molar-refractivity contribution is -0.121. The van der Waals surface area contributed by atoms with E-state index in [1.54, 1.807) is 18.5 Å². The Morgan fingerprint density at radius 2 is 1.94 bits per heavy atom. The Morgan fingerprint density at radius 1 is 1.23 bits per heavy atom. The quantitative estimate of drug-likeness (QED) is 0.578. The van der Waals surface area contributed by atoms with Gasteiger partial charge < -0.3 is 16.0 Å². The summed E-state index contributed by atoms with van der Waals surface area (Å²) in [5, 5.41) is 3.06. The first-order chi connectivity index (χ1) is 14.8. The topological polar surface area (TPSA) is 88.3 Å². The van der Waals surface area contributed by atoms with Gasteiger partial charge in [-0.05, 0) is 74.2 Å². The molecule has 166 valence electrons. The van der Waals surface area contributed by atoms with Crippen molar-refractivity contribution in [3.8, 4) is 0 Å². The van der Waals surface area contributed by atoms with Crippen molar-refractivity contribution in [2.24, 2.45) is 11.7 Å². The molecule has 3 N–H and O–H groups in total. The molecule has 3 rings (SSSR count). The van der Waals surface area contributed by atoms with Gasteiger partial charge in [0.25, 0.3) is 5.91 Å². The lowest BCUT2D eigenvalue weighted by Gasteiger charge is -2.25. The number of benzene rings is 1. The van der Waals surface area contributed by atoms with E-state index >= 15 is 0 Å². The van der Waals surface area contributed by atoms with Crippen LogP contribution in [0.3, 0.4) is 0 Å². The summed E-state index contributed by atoms with van der Waals surface area (Å²) < 4.78 is 14.1. The molecule has 1 heterocycles. The minimum Gasteiger partial charge on any atom is -0.366 e. The molecule has 0 spiro atoms. The molecule has 0 saturated heterocycles. The minimum absolute atomic E-state index is 0.00872. The largest absolute Gasteiger partial charge is 0.366 e. The van der Waals surface area contributed by atoms with Gasteiger partial charge in [0.1, 0.15) is 5.82 Å². The van der Waals surface area contributed by atoms with Gasteiger partial charge in [0.05, 0.1) is 5.56 Å². The van der Waals surface area contributed by atoms with Crippen LogP contribution in [0.1, 0.15) is 53.1 Å². The van der Waals surface area contributed by atoms with Crippen molar-refractivity contribution >= 4 is 11.8 Å². The highest BCUT2D eigenvalue weighted by Gasteiger charge is 2.28. The summed E-state index contributed by atoms with van der Waals surface area (Å²) in [6.45, 7) is 0.456. The van der Waals surface area contributed by atoms with E-state index in [2.05, 4.69) is 10.3 Å². The molecular weight excluding hydrogens is 395 g/mol. The zero-order valence-corrected chi connectivity index (χ0v) is 18.2. The zero-order chi connectivity index (χ0) is 22.4. The summed E-state index contributed by atoms with van der Waals surface area (Å²) in [6.07, 6.45) is 8.06. The summed E-state index contributed by atoms with van der Waals surface area (Å²) in [5.41, 5.74) is 6.97. The molecule has 2 aromatic rings. The molecule has 1 fully saturated rings. The van der Waals surface area contributed by atoms with Crippen molar-refractivity contribution < 1.29 is 14.0 Å². The van der Waals surface area contributed by atoms with Crippen LogP contribution in [0.5, 0.6) is 0 Å². The maximum absolute atomic E-state index is 14.1. The van der Waals surface area contributed by atoms with Crippen LogP contribution in [0.4, 0.5) is 4.39 Å². The van der Waals surface area contributed by atoms with E-state index in [1.165, 1.54) is 25.0 Å². The summed E-state index contributed by atoms with van der Waals surface area (Å²) >= 11 is 0. The molecule has 6 nitrogen and oxygen atoms in total. The Bertz CT molecular complexity index is 900. The predicted octanol–water partition coefficient (Wildman–Crippen LogP) is 2.88. The highest BCUT2D eigenvalue weighted by Crippen LogP contribution is 2.39. The van der Waals surface area contributed by atoms with E-state index in [1.807, 2.05) is 31.1 Å². The van der Waals surface area contributed by atoms with Crippen LogP contribution in [0.25, 0.3) is 0 Å². The molecule has 2 amide bonds. The number of carbonyl (C=O) groups is 2. The maximum Gasteiger partial charge on any atom is 0.251 e. The van der Waals surface area contributed by atoms with Crippen LogP contribution >= 0.6 is 0 Å². The average molecular weight is 427 g/mol. The standard InChI is InChI=1S/C24H31FN4O2/c1-29(2)20(12-17-5-6-21(24(26)31)22(25)13-17)15-28-23(30)14-19(11-16-3-4-16)18-7-9-27-10-8-18/h5-10,13,16,19-20H,3-4,11-12,14-15H2,1-2H3,(H2,26,31)(H,28,30)/t19-,20+/m1/s1. The highest BCUT2D eigenvalue weighted by molar-refractivity contribution is 5.93. The van der Waals surface area contributed by atoms with Crippen LogP contribution < -0.4 is 11.1 Å². The maximum atomic E-state index is 14.1. The van der Waals surface area contributed by atoms with Crippen LogP contribution in [0, 0.1) is 11.7 Å². The second-order valence-corrected chi connectivity index (χ2v) is 8.66. The van der Waals surface area contributed by atoms with E-state index in [0.29, 0.717) is 19.4 Å². The Morgan fingerprint density at radius 3 is 2.52 bits per heavy atom. The fourth-order valence-corrected chi connectivity index (χ4v) is 3.85. The normalized spacial score (nSPS) is 15.5. The summed E-state index contributed by atoms with van der Waals surface area (Å²) in [6, 6.07) is 8.44. The number of aromatic nitrogens is 1. The first-order valence-electron chi connectivity index (χ1n) is 10.7. The second kappa shape index (κ2) is 10.5. The van der Waals surface area contributed by atoms with Gasteiger partial charge in [-0.15, -0.1) is 0 Å². The van der Waals surface area contributed by atoms with Gasteiger partial charge in [-0.3, -0.25) is 14.6 Å². The van der Waals surface area contributed by atoms with Crippen LogP contribution in [-0.4, -0.2) is 48.4 Å². The van der Waals surface area contributed by atoms with Crippen LogP contribution in [-0.2, 0) is 11.2 Å². The smallest absolute Gasteiger partial charge is 0.251 e. The molecule has 0 unspecified atom stereocenters. The molecule has 31 heavy (non-hydrogen) atoms. The number of hydrogen-bond donors (Lipinski definition) is 2. The monoisotopic (exact) mass is 426 g/mol. The molecule has 7 heteroatoms. The first-order valence-corrected chi connectivity index (χ1v) is 10.7. The number of carbonyl (C=O) groups excluding carboxylic acids is 2. The van der Waals surface area contributed by atoms with Crippen LogP contribution in [0.15, 0.2) is 42.7 Å². The van der Waals surface area contributed by atoms with E-state index in [0.717, 1.165) is 23.5 Å². The molecule has 1 saturated carbocycles. The number of amides is 2. The minimum atomic E-state index is -0.782. The van der Waals surface area contributed by atoms with Crippen molar-refractivity contribution in [3.63, 3.8) is 0 Å². The third-order valence-corrected chi connectivity index (χ3v) is 5.96. The molecule has 1 aromatic carbocycles. The lowest BCUT2D eigenvalue weighted by Crippen LogP contribution is -2.42. The van der Waals surface area contributed by atoms with Gasteiger partial charge in [-0.25, -0.2) is 4.39 Å². The van der Waals surface area contributed by atoms with Crippen molar-refractivity contribution in [3.05, 3.63) is 65.2 Å². The van der Waals surface area contributed by atoms with Gasteiger partial charge in [0.2, 0.25) is 5.91 Å². The van der Waals surface area contributed by atoms with Crippen molar-refractivity contribution in [1.29, 1.82) is 0 Å². The van der Waals surface area contributed by atoms with Crippen molar-refractivity contribution in [2.45, 2.75) is 44.1 Å². The number of pyridine rings is 1. The number of nitrogens with one attached hydrogen (secondary N) is 1. The summed E-state index contributed by atoms with van der Waals surface area (Å²) in [4.78, 5) is 30.0. The number of halogens is 1. The number of primary amides is 1. The van der Waals surface area contributed by atoms with Gasteiger partial charge in [-0.1, -0.05) is 18.9 Å². The third-order valence-electron chi connectivity index (χ3n) is 5.96. The Labute approximate surface area is 183 Å². The second-order valence-electron chi connectivity index (χ2n) is 8.66. The number of rotatable bonds is 11. The molecular formula is C24H31FN4O2. The van der Waals surface area contributed by atoms with Gasteiger partial charge in [0.15, 0.2) is 0 Å². The molecule has 2 atom stereocenters. The van der Waals surface area contributed by atoms with Gasteiger partial charge >= 0.3 is 0 Å². The lowest BCUT2D eigenvalue weighted by atomic mass is 9.91. The van der Waals surface area contributed by atoms with Crippen molar-refractivity contribution in [1.82, 2.24) is 15.2 Å². The molecule has 1 aromatic heterocycles. The molecule has 1 aliphatic carbocycles. The molecule has 0 aliphatic heterocycles. The number of likely N-dealkylation sites (N-methyl/N-ethyl adjacent to an activating group) is 1. The highest BCUT2D eigenvalue weighted by atomic mass is 19.1. The van der Waals surface area contributed by atoms with E-state index in [-0.39, 0.29) is 23.4 Å². The Kier molecular flexibility index (Phi) is 7.74. The van der Waals surface area contributed by atoms with Gasteiger partial charge in [0, 0.05) is 31.4 Å². The number of hydrogen-bond acceptors (Lipinski definition) is 4. The fourth-order valence-electron chi connectivity index (χ4n) is 3.85. The SMILES string of the molecule is CN(C)[C@H](CNC(=O)C[C@@H](CC1CC1)c1ccncc1)Cc1ccc(C(N)=O)c(F)c1. The fraction of sp³-hybridized carbons (Fsp3) is 0.458. The van der Waals surface area contributed by atoms with Crippen LogP contribution in [0.2, 0.25) is 0 Å².